The number of nitrogens with zero attached hydrogens (tertiary/aromatic N) is 1. The minimum absolute atomic E-state index is 0.744. The highest BCUT2D eigenvalue weighted by molar-refractivity contribution is 9.09. The normalized spacial score (nSPS) is 37.4. The van der Waals surface area contributed by atoms with Crippen LogP contribution in [0.1, 0.15) is 32.6 Å². The van der Waals surface area contributed by atoms with Crippen molar-refractivity contribution in [3.63, 3.8) is 0 Å². The third kappa shape index (κ3) is 2.47. The van der Waals surface area contributed by atoms with Gasteiger partial charge in [-0.25, -0.2) is 0 Å². The van der Waals surface area contributed by atoms with Crippen molar-refractivity contribution >= 4 is 15.9 Å². The molecular formula is C11H20BrN. The van der Waals surface area contributed by atoms with Gasteiger partial charge >= 0.3 is 0 Å². The Morgan fingerprint density at radius 3 is 2.46 bits per heavy atom. The van der Waals surface area contributed by atoms with Crippen molar-refractivity contribution in [3.8, 4) is 0 Å². The smallest absolute Gasteiger partial charge is 0.0310 e. The lowest BCUT2D eigenvalue weighted by molar-refractivity contribution is 0.273. The van der Waals surface area contributed by atoms with Gasteiger partial charge in [0.05, 0.1) is 0 Å². The molecule has 1 aliphatic heterocycles. The maximum atomic E-state index is 3.75. The van der Waals surface area contributed by atoms with Gasteiger partial charge in [0.1, 0.15) is 0 Å². The molecule has 1 aliphatic carbocycles. The van der Waals surface area contributed by atoms with Gasteiger partial charge in [0, 0.05) is 24.5 Å². The topological polar surface area (TPSA) is 3.24 Å². The number of hydrogen-bond acceptors (Lipinski definition) is 1. The number of alkyl halides is 1. The summed E-state index contributed by atoms with van der Waals surface area (Å²) in [5, 5.41) is 0. The van der Waals surface area contributed by atoms with Crippen LogP contribution < -0.4 is 0 Å². The zero-order chi connectivity index (χ0) is 9.26. The van der Waals surface area contributed by atoms with Crippen LogP contribution in [0, 0.1) is 11.8 Å². The second-order valence-corrected chi connectivity index (χ2v) is 6.04. The number of hydrogen-bond donors (Lipinski definition) is 0. The van der Waals surface area contributed by atoms with Crippen LogP contribution in [0.4, 0.5) is 0 Å². The molecule has 0 spiro atoms. The molecule has 1 saturated heterocycles. The Balaban J connectivity index is 1.76. The predicted molar refractivity (Wildman–Crippen MR) is 60.3 cm³/mol. The molecule has 1 saturated carbocycles. The zero-order valence-electron chi connectivity index (χ0n) is 8.51. The predicted octanol–water partition coefficient (Wildman–Crippen LogP) is 2.89. The summed E-state index contributed by atoms with van der Waals surface area (Å²) in [5.74, 6) is 1.87. The standard InChI is InChI=1S/C11H20BrN/c1-9-6-13(8-11(9)12)7-10-4-2-3-5-10/h9-11H,2-8H2,1H3. The molecule has 0 amide bonds. The number of halogens is 1. The van der Waals surface area contributed by atoms with E-state index in [-0.39, 0.29) is 0 Å². The summed E-state index contributed by atoms with van der Waals surface area (Å²) in [7, 11) is 0. The number of rotatable bonds is 2. The lowest BCUT2D eigenvalue weighted by Crippen LogP contribution is -2.26. The molecule has 0 radical (unpaired) electrons. The van der Waals surface area contributed by atoms with E-state index in [4.69, 9.17) is 0 Å². The van der Waals surface area contributed by atoms with Gasteiger partial charge in [-0.1, -0.05) is 35.7 Å². The Morgan fingerprint density at radius 1 is 1.23 bits per heavy atom. The molecule has 2 heteroatoms. The summed E-state index contributed by atoms with van der Waals surface area (Å²) >= 11 is 3.75. The van der Waals surface area contributed by atoms with Gasteiger partial charge in [-0.15, -0.1) is 0 Å². The fourth-order valence-corrected chi connectivity index (χ4v) is 3.31. The Morgan fingerprint density at radius 2 is 1.92 bits per heavy atom. The van der Waals surface area contributed by atoms with Crippen LogP contribution in [-0.4, -0.2) is 29.4 Å². The SMILES string of the molecule is CC1CN(CC2CCCC2)CC1Br. The summed E-state index contributed by atoms with van der Waals surface area (Å²) in [6, 6.07) is 0. The second kappa shape index (κ2) is 4.31. The highest BCUT2D eigenvalue weighted by atomic mass is 79.9. The van der Waals surface area contributed by atoms with E-state index in [1.165, 1.54) is 45.3 Å². The van der Waals surface area contributed by atoms with E-state index in [2.05, 4.69) is 27.8 Å². The van der Waals surface area contributed by atoms with Gasteiger partial charge < -0.3 is 4.90 Å². The molecule has 2 aliphatic rings. The van der Waals surface area contributed by atoms with Crippen LogP contribution in [0.25, 0.3) is 0 Å². The summed E-state index contributed by atoms with van der Waals surface area (Å²) in [4.78, 5) is 3.40. The van der Waals surface area contributed by atoms with Gasteiger partial charge in [-0.05, 0) is 24.7 Å². The Labute approximate surface area is 90.0 Å². The average molecular weight is 246 g/mol. The zero-order valence-corrected chi connectivity index (χ0v) is 10.1. The minimum atomic E-state index is 0.744. The first-order valence-electron chi connectivity index (χ1n) is 5.62. The third-order valence-corrected chi connectivity index (χ3v) is 4.78. The molecule has 2 fully saturated rings. The van der Waals surface area contributed by atoms with Gasteiger partial charge in [-0.3, -0.25) is 0 Å². The molecule has 0 aromatic rings. The lowest BCUT2D eigenvalue weighted by atomic mass is 10.1. The maximum absolute atomic E-state index is 3.75. The fourth-order valence-electron chi connectivity index (χ4n) is 2.73. The molecule has 76 valence electrons. The van der Waals surface area contributed by atoms with Crippen molar-refractivity contribution in [2.75, 3.05) is 19.6 Å². The van der Waals surface area contributed by atoms with Gasteiger partial charge in [-0.2, -0.15) is 0 Å². The van der Waals surface area contributed by atoms with Crippen LogP contribution >= 0.6 is 15.9 Å². The molecular weight excluding hydrogens is 226 g/mol. The summed E-state index contributed by atoms with van der Waals surface area (Å²) < 4.78 is 0. The highest BCUT2D eigenvalue weighted by Crippen LogP contribution is 2.29. The Kier molecular flexibility index (Phi) is 3.31. The number of likely N-dealkylation sites (tertiary alicyclic amines) is 1. The quantitative estimate of drug-likeness (QED) is 0.677. The van der Waals surface area contributed by atoms with Gasteiger partial charge in [0.2, 0.25) is 0 Å². The monoisotopic (exact) mass is 245 g/mol. The molecule has 0 bridgehead atoms. The second-order valence-electron chi connectivity index (χ2n) is 4.86. The first-order valence-corrected chi connectivity index (χ1v) is 6.53. The molecule has 2 rings (SSSR count). The Hall–Kier alpha value is 0.440. The minimum Gasteiger partial charge on any atom is -0.302 e. The molecule has 1 heterocycles. The summed E-state index contributed by atoms with van der Waals surface area (Å²) in [6.07, 6.45) is 5.92. The molecule has 2 unspecified atom stereocenters. The molecule has 1 nitrogen and oxygen atoms in total. The summed E-state index contributed by atoms with van der Waals surface area (Å²) in [5.41, 5.74) is 0. The van der Waals surface area contributed by atoms with Crippen LogP contribution in [-0.2, 0) is 0 Å². The molecule has 0 N–H and O–H groups in total. The van der Waals surface area contributed by atoms with Gasteiger partial charge in [0.15, 0.2) is 0 Å². The lowest BCUT2D eigenvalue weighted by Gasteiger charge is -2.19. The van der Waals surface area contributed by atoms with Crippen LogP contribution in [0.3, 0.4) is 0 Å². The Bertz CT molecular complexity index is 155. The maximum Gasteiger partial charge on any atom is 0.0310 e. The van der Waals surface area contributed by atoms with Crippen molar-refractivity contribution in [3.05, 3.63) is 0 Å². The van der Waals surface area contributed by atoms with Crippen LogP contribution in [0.5, 0.6) is 0 Å². The first-order chi connectivity index (χ1) is 6.25. The average Bonchev–Trinajstić information content (AvgIpc) is 2.64. The van der Waals surface area contributed by atoms with Crippen molar-refractivity contribution in [1.29, 1.82) is 0 Å². The van der Waals surface area contributed by atoms with Crippen molar-refractivity contribution in [1.82, 2.24) is 4.90 Å². The fraction of sp³-hybridized carbons (Fsp3) is 1.00. The van der Waals surface area contributed by atoms with Crippen LogP contribution in [0.2, 0.25) is 0 Å². The van der Waals surface area contributed by atoms with E-state index < -0.39 is 0 Å². The molecule has 0 aromatic carbocycles. The van der Waals surface area contributed by atoms with Gasteiger partial charge in [0.25, 0.3) is 0 Å². The van der Waals surface area contributed by atoms with E-state index in [0.29, 0.717) is 0 Å². The first kappa shape index (κ1) is 9.97. The van der Waals surface area contributed by atoms with E-state index in [9.17, 15) is 0 Å². The molecule has 13 heavy (non-hydrogen) atoms. The molecule has 2 atom stereocenters. The van der Waals surface area contributed by atoms with Crippen LogP contribution in [0.15, 0.2) is 0 Å². The highest BCUT2D eigenvalue weighted by Gasteiger charge is 2.29. The summed E-state index contributed by atoms with van der Waals surface area (Å²) in [6.45, 7) is 6.31. The van der Waals surface area contributed by atoms with Crippen molar-refractivity contribution in [2.45, 2.75) is 37.4 Å². The van der Waals surface area contributed by atoms with Crippen molar-refractivity contribution in [2.24, 2.45) is 11.8 Å². The van der Waals surface area contributed by atoms with E-state index in [0.717, 1.165) is 16.7 Å². The molecule has 0 aromatic heterocycles. The van der Waals surface area contributed by atoms with E-state index in [1.54, 1.807) is 0 Å². The van der Waals surface area contributed by atoms with E-state index >= 15 is 0 Å². The van der Waals surface area contributed by atoms with E-state index in [1.807, 2.05) is 0 Å². The van der Waals surface area contributed by atoms with Crippen molar-refractivity contribution < 1.29 is 0 Å². The third-order valence-electron chi connectivity index (χ3n) is 3.59. The largest absolute Gasteiger partial charge is 0.302 e.